The van der Waals surface area contributed by atoms with Crippen LogP contribution in [0.2, 0.25) is 0 Å². The van der Waals surface area contributed by atoms with Gasteiger partial charge in [0.1, 0.15) is 23.0 Å². The van der Waals surface area contributed by atoms with Crippen molar-refractivity contribution < 1.29 is 18.9 Å². The number of aromatic nitrogens is 3. The van der Waals surface area contributed by atoms with Gasteiger partial charge in [0, 0.05) is 27.2 Å². The summed E-state index contributed by atoms with van der Waals surface area (Å²) in [6.45, 7) is 9.18. The molecule has 9 heteroatoms. The zero-order valence-corrected chi connectivity index (χ0v) is 34.7. The molecule has 0 radical (unpaired) electrons. The Morgan fingerprint density at radius 3 is 1.14 bits per heavy atom. The van der Waals surface area contributed by atoms with Crippen molar-refractivity contribution in [3.63, 3.8) is 0 Å². The normalized spacial score (nSPS) is 10.9. The molecule has 0 spiro atoms. The van der Waals surface area contributed by atoms with Gasteiger partial charge in [-0.1, -0.05) is 93.6 Å². The summed E-state index contributed by atoms with van der Waals surface area (Å²) in [5.41, 5.74) is 5.47. The van der Waals surface area contributed by atoms with E-state index in [0.717, 1.165) is 85.1 Å². The van der Waals surface area contributed by atoms with E-state index < -0.39 is 0 Å². The van der Waals surface area contributed by atoms with Crippen LogP contribution in [0.4, 0.5) is 11.9 Å². The van der Waals surface area contributed by atoms with E-state index in [1.807, 2.05) is 50.4 Å². The molecule has 57 heavy (non-hydrogen) atoms. The van der Waals surface area contributed by atoms with Crippen LogP contribution in [-0.2, 0) is 0 Å². The van der Waals surface area contributed by atoms with Gasteiger partial charge in [0.25, 0.3) is 0 Å². The second-order valence-electron chi connectivity index (χ2n) is 14.6. The van der Waals surface area contributed by atoms with E-state index in [1.54, 1.807) is 14.2 Å². The lowest BCUT2D eigenvalue weighted by atomic mass is 10.1. The Kier molecular flexibility index (Phi) is 17.1. The maximum Gasteiger partial charge on any atom is 0.230 e. The lowest BCUT2D eigenvalue weighted by molar-refractivity contribution is 0.304. The fourth-order valence-corrected chi connectivity index (χ4v) is 6.48. The molecule has 5 aromatic rings. The minimum atomic E-state index is 0.642. The zero-order chi connectivity index (χ0) is 40.2. The maximum absolute atomic E-state index is 6.04. The second-order valence-corrected chi connectivity index (χ2v) is 14.6. The van der Waals surface area contributed by atoms with Crippen LogP contribution >= 0.6 is 0 Å². The molecule has 5 rings (SSSR count). The summed E-state index contributed by atoms with van der Waals surface area (Å²) >= 11 is 0. The zero-order valence-electron chi connectivity index (χ0n) is 34.7. The number of hydrogen-bond acceptors (Lipinski definition) is 9. The van der Waals surface area contributed by atoms with Gasteiger partial charge in [-0.25, -0.2) is 0 Å². The fourth-order valence-electron chi connectivity index (χ4n) is 6.48. The quantitative estimate of drug-likeness (QED) is 0.0539. The van der Waals surface area contributed by atoms with Crippen LogP contribution in [0, 0.1) is 0 Å². The highest BCUT2D eigenvalue weighted by Crippen LogP contribution is 2.26. The van der Waals surface area contributed by atoms with Gasteiger partial charge in [-0.05, 0) is 109 Å². The van der Waals surface area contributed by atoms with Crippen LogP contribution in [0.15, 0.2) is 104 Å². The minimum absolute atomic E-state index is 0.642. The van der Waals surface area contributed by atoms with Crippen LogP contribution in [0.3, 0.4) is 0 Å². The molecule has 0 aliphatic rings. The molecule has 0 saturated heterocycles. The predicted molar refractivity (Wildman–Crippen MR) is 235 cm³/mol. The molecule has 1 aromatic heterocycles. The number of hydrogen-bond donors (Lipinski definition) is 0. The average molecular weight is 772 g/mol. The molecule has 1 heterocycles. The van der Waals surface area contributed by atoms with Gasteiger partial charge in [-0.3, -0.25) is 0 Å². The van der Waals surface area contributed by atoms with E-state index in [4.69, 9.17) is 33.9 Å². The summed E-state index contributed by atoms with van der Waals surface area (Å²) in [4.78, 5) is 18.5. The molecular formula is C48H61N5O4. The summed E-state index contributed by atoms with van der Waals surface area (Å²) in [7, 11) is 7.47. The largest absolute Gasteiger partial charge is 0.497 e. The third-order valence-corrected chi connectivity index (χ3v) is 10.0. The third-order valence-electron chi connectivity index (χ3n) is 10.0. The van der Waals surface area contributed by atoms with E-state index in [1.165, 1.54) is 49.7 Å². The number of benzene rings is 4. The van der Waals surface area contributed by atoms with Crippen LogP contribution in [0.1, 0.15) is 77.0 Å². The van der Waals surface area contributed by atoms with Gasteiger partial charge in [0.2, 0.25) is 11.9 Å². The highest BCUT2D eigenvalue weighted by Gasteiger charge is 2.14. The summed E-state index contributed by atoms with van der Waals surface area (Å²) in [5.74, 6) is 5.53. The Labute approximate surface area is 340 Å². The van der Waals surface area contributed by atoms with Gasteiger partial charge in [-0.2, -0.15) is 15.0 Å². The van der Waals surface area contributed by atoms with Gasteiger partial charge in [-0.15, -0.1) is 0 Å². The Bertz CT molecular complexity index is 1920. The third kappa shape index (κ3) is 13.8. The molecule has 0 aliphatic carbocycles. The second kappa shape index (κ2) is 22.9. The molecule has 0 bridgehead atoms. The molecule has 4 aromatic carbocycles. The number of allylic oxidation sites excluding steroid dienone is 1. The first kappa shape index (κ1) is 42.6. The average Bonchev–Trinajstić information content (AvgIpc) is 3.25. The van der Waals surface area contributed by atoms with Crippen molar-refractivity contribution in [2.24, 2.45) is 0 Å². The van der Waals surface area contributed by atoms with E-state index in [0.29, 0.717) is 24.3 Å². The van der Waals surface area contributed by atoms with Gasteiger partial charge in [0.05, 0.1) is 27.4 Å². The lowest BCUT2D eigenvalue weighted by Crippen LogP contribution is -2.26. The highest BCUT2D eigenvalue weighted by atomic mass is 16.5. The van der Waals surface area contributed by atoms with Gasteiger partial charge in [0.15, 0.2) is 5.82 Å². The highest BCUT2D eigenvalue weighted by molar-refractivity contribution is 5.66. The van der Waals surface area contributed by atoms with Crippen molar-refractivity contribution in [3.05, 3.63) is 109 Å². The number of ether oxygens (including phenoxy) is 4. The van der Waals surface area contributed by atoms with Crippen molar-refractivity contribution in [2.75, 3.05) is 64.4 Å². The number of nitrogens with zero attached hydrogens (tertiary/aromatic N) is 5. The molecule has 0 unspecified atom stereocenters. The lowest BCUT2D eigenvalue weighted by Gasteiger charge is -2.22. The molecule has 0 aliphatic heterocycles. The number of methoxy groups -OCH3 is 2. The smallest absolute Gasteiger partial charge is 0.230 e. The van der Waals surface area contributed by atoms with Crippen molar-refractivity contribution in [3.8, 4) is 45.3 Å². The van der Waals surface area contributed by atoms with Crippen LogP contribution in [0.5, 0.6) is 23.0 Å². The van der Waals surface area contributed by atoms with Crippen molar-refractivity contribution in [1.29, 1.82) is 0 Å². The molecule has 0 fully saturated rings. The van der Waals surface area contributed by atoms with E-state index >= 15 is 0 Å². The Morgan fingerprint density at radius 2 is 0.772 bits per heavy atom. The van der Waals surface area contributed by atoms with Gasteiger partial charge < -0.3 is 28.7 Å². The Hall–Kier alpha value is -5.57. The molecular weight excluding hydrogens is 711 g/mol. The number of anilines is 2. The first-order valence-corrected chi connectivity index (χ1v) is 20.4. The van der Waals surface area contributed by atoms with E-state index in [2.05, 4.69) is 84.1 Å². The first-order valence-electron chi connectivity index (χ1n) is 20.4. The molecule has 302 valence electrons. The molecule has 0 atom stereocenters. The molecule has 0 N–H and O–H groups in total. The van der Waals surface area contributed by atoms with Crippen molar-refractivity contribution in [2.45, 2.75) is 71.1 Å². The standard InChI is InChI=1S/C48H61N5O4/c1-37(2)46-49-47(51-48(50-46)53(4)34-14-16-36-57-45-31-23-41(24-32-45)39-19-27-43(55-6)28-20-39)52(3)33-13-11-9-7-8-10-12-15-35-56-44-29-21-40(22-30-44)38-17-25-42(54-5)26-18-38/h17-32H,1,7-16,33-36H2,2-6H3. The Balaban J connectivity index is 0.925. The number of rotatable bonds is 25. The SMILES string of the molecule is C=C(C)c1nc(N(C)CCCCCCCCCCOc2ccc(-c3ccc(OC)cc3)cc2)nc(N(C)CCCCOc2ccc(-c3ccc(OC)cc3)cc2)n1. The fraction of sp³-hybridized carbons (Fsp3) is 0.396. The monoisotopic (exact) mass is 771 g/mol. The Morgan fingerprint density at radius 1 is 0.456 bits per heavy atom. The summed E-state index contributed by atoms with van der Waals surface area (Å²) < 4.78 is 22.6. The van der Waals surface area contributed by atoms with Gasteiger partial charge >= 0.3 is 0 Å². The van der Waals surface area contributed by atoms with Crippen LogP contribution in [-0.4, -0.2) is 69.6 Å². The summed E-state index contributed by atoms with van der Waals surface area (Å²) in [6, 6.07) is 32.8. The topological polar surface area (TPSA) is 82.1 Å². The van der Waals surface area contributed by atoms with Crippen LogP contribution in [0.25, 0.3) is 27.8 Å². The first-order chi connectivity index (χ1) is 27.8. The minimum Gasteiger partial charge on any atom is -0.497 e. The van der Waals surface area contributed by atoms with Crippen molar-refractivity contribution >= 4 is 17.5 Å². The summed E-state index contributed by atoms with van der Waals surface area (Å²) in [6.07, 6.45) is 11.5. The molecule has 0 saturated carbocycles. The molecule has 9 nitrogen and oxygen atoms in total. The number of unbranched alkanes of at least 4 members (excludes halogenated alkanes) is 8. The maximum atomic E-state index is 6.04. The summed E-state index contributed by atoms with van der Waals surface area (Å²) in [5, 5.41) is 0. The molecule has 0 amide bonds. The van der Waals surface area contributed by atoms with E-state index in [9.17, 15) is 0 Å². The predicted octanol–water partition coefficient (Wildman–Crippen LogP) is 11.2. The van der Waals surface area contributed by atoms with Crippen molar-refractivity contribution in [1.82, 2.24) is 15.0 Å². The van der Waals surface area contributed by atoms with E-state index in [-0.39, 0.29) is 0 Å². The van der Waals surface area contributed by atoms with Crippen LogP contribution < -0.4 is 28.7 Å².